The van der Waals surface area contributed by atoms with E-state index in [0.717, 1.165) is 36.9 Å². The number of fused-ring (bicyclic) bond motifs is 1. The van der Waals surface area contributed by atoms with Crippen LogP contribution in [0.1, 0.15) is 69.0 Å². The van der Waals surface area contributed by atoms with Crippen LogP contribution in [0.5, 0.6) is 0 Å². The van der Waals surface area contributed by atoms with E-state index >= 15 is 0 Å². The Morgan fingerprint density at radius 1 is 1.02 bits per heavy atom. The molecule has 0 amide bonds. The Labute approximate surface area is 251 Å². The highest BCUT2D eigenvalue weighted by atomic mass is 32.2. The molecule has 3 aromatic rings. The van der Waals surface area contributed by atoms with Crippen molar-refractivity contribution in [2.75, 3.05) is 20.3 Å². The number of sulfonamides is 1. The standard InChI is InChI=1S/C31H41FN6O4S/c1-22-16-23(10-15-33-22)19-37-27-9-8-25(43(41,42)35-30(21-32)13-14-30)17-26(27)28(39)38(29(37)40)20-24-18-34-36(2)31(24)11-6-4-3-5-7-12-31/h8-10,15-17,24,34-35H,3-7,11-14,18-21H2,1-2H3. The minimum absolute atomic E-state index is 0.0166. The predicted molar refractivity (Wildman–Crippen MR) is 163 cm³/mol. The van der Waals surface area contributed by atoms with Gasteiger partial charge in [0.25, 0.3) is 5.56 Å². The summed E-state index contributed by atoms with van der Waals surface area (Å²) in [7, 11) is -2.03. The van der Waals surface area contributed by atoms with Crippen molar-refractivity contribution in [1.29, 1.82) is 0 Å². The molecule has 2 aromatic heterocycles. The first kappa shape index (κ1) is 30.1. The molecule has 3 heterocycles. The summed E-state index contributed by atoms with van der Waals surface area (Å²) in [5.74, 6) is 0.0166. The van der Waals surface area contributed by atoms with Crippen molar-refractivity contribution in [2.24, 2.45) is 5.92 Å². The van der Waals surface area contributed by atoms with E-state index < -0.39 is 33.5 Å². The summed E-state index contributed by atoms with van der Waals surface area (Å²) in [5, 5.41) is 2.34. The zero-order chi connectivity index (χ0) is 30.4. The van der Waals surface area contributed by atoms with E-state index in [2.05, 4.69) is 27.2 Å². The summed E-state index contributed by atoms with van der Waals surface area (Å²) in [6.45, 7) is 2.15. The first-order chi connectivity index (χ1) is 20.6. The second-order valence-electron chi connectivity index (χ2n) is 12.8. The average Bonchev–Trinajstić information content (AvgIpc) is 3.66. The zero-order valence-electron chi connectivity index (χ0n) is 24.9. The number of hydrazine groups is 1. The lowest BCUT2D eigenvalue weighted by Gasteiger charge is -2.41. The number of benzene rings is 1. The molecule has 232 valence electrons. The lowest BCUT2D eigenvalue weighted by atomic mass is 9.75. The van der Waals surface area contributed by atoms with Crippen molar-refractivity contribution < 1.29 is 12.8 Å². The summed E-state index contributed by atoms with van der Waals surface area (Å²) in [4.78, 5) is 32.5. The van der Waals surface area contributed by atoms with E-state index in [0.29, 0.717) is 24.9 Å². The van der Waals surface area contributed by atoms with Gasteiger partial charge in [-0.05, 0) is 68.5 Å². The number of pyridine rings is 1. The van der Waals surface area contributed by atoms with Crippen LogP contribution in [0, 0.1) is 12.8 Å². The quantitative estimate of drug-likeness (QED) is 0.401. The number of hydrogen-bond acceptors (Lipinski definition) is 7. The highest BCUT2D eigenvalue weighted by Crippen LogP contribution is 2.40. The van der Waals surface area contributed by atoms with Gasteiger partial charge in [0.2, 0.25) is 10.0 Å². The molecule has 43 heavy (non-hydrogen) atoms. The Bertz CT molecular complexity index is 1740. The van der Waals surface area contributed by atoms with Crippen LogP contribution < -0.4 is 21.4 Å². The minimum Gasteiger partial charge on any atom is -0.289 e. The summed E-state index contributed by atoms with van der Waals surface area (Å²) in [6, 6.07) is 7.96. The molecule has 1 spiro atoms. The Kier molecular flexibility index (Phi) is 8.08. The molecule has 1 unspecified atom stereocenters. The van der Waals surface area contributed by atoms with Crippen LogP contribution >= 0.6 is 0 Å². The van der Waals surface area contributed by atoms with Crippen molar-refractivity contribution in [3.05, 3.63) is 68.6 Å². The fourth-order valence-electron chi connectivity index (χ4n) is 7.11. The predicted octanol–water partition coefficient (Wildman–Crippen LogP) is 3.24. The van der Waals surface area contributed by atoms with Crippen molar-refractivity contribution in [3.8, 4) is 0 Å². The molecule has 12 heteroatoms. The smallest absolute Gasteiger partial charge is 0.289 e. The number of aromatic nitrogens is 3. The molecule has 10 nitrogen and oxygen atoms in total. The van der Waals surface area contributed by atoms with Crippen molar-refractivity contribution >= 4 is 20.9 Å². The molecule has 2 saturated carbocycles. The Morgan fingerprint density at radius 2 is 1.74 bits per heavy atom. The maximum absolute atomic E-state index is 14.2. The third-order valence-corrected chi connectivity index (χ3v) is 11.5. The van der Waals surface area contributed by atoms with Gasteiger partial charge in [0.05, 0.1) is 27.9 Å². The third kappa shape index (κ3) is 5.70. The van der Waals surface area contributed by atoms with E-state index in [9.17, 15) is 22.4 Å². The molecule has 1 aromatic carbocycles. The zero-order valence-corrected chi connectivity index (χ0v) is 25.8. The highest BCUT2D eigenvalue weighted by molar-refractivity contribution is 7.89. The SMILES string of the molecule is Cc1cc(Cn2c(=O)n(CC3CNN(C)C34CCCCCCC4)c(=O)c3cc(S(=O)(=O)NC4(CF)CC4)ccc32)ccn1. The molecule has 3 fully saturated rings. The second-order valence-corrected chi connectivity index (χ2v) is 14.5. The summed E-state index contributed by atoms with van der Waals surface area (Å²) < 4.78 is 45.5. The fraction of sp³-hybridized carbons (Fsp3) is 0.581. The van der Waals surface area contributed by atoms with Crippen LogP contribution in [0.3, 0.4) is 0 Å². The van der Waals surface area contributed by atoms with Gasteiger partial charge in [0, 0.05) is 43.5 Å². The van der Waals surface area contributed by atoms with Gasteiger partial charge < -0.3 is 0 Å². The molecule has 2 N–H and O–H groups in total. The molecule has 1 atom stereocenters. The highest BCUT2D eigenvalue weighted by Gasteiger charge is 2.47. The number of aryl methyl sites for hydroxylation is 1. The summed E-state index contributed by atoms with van der Waals surface area (Å²) in [5.41, 5.74) is 3.30. The van der Waals surface area contributed by atoms with Gasteiger partial charge in [-0.15, -0.1) is 0 Å². The first-order valence-electron chi connectivity index (χ1n) is 15.3. The molecule has 3 aliphatic rings. The van der Waals surface area contributed by atoms with Crippen LogP contribution in [0.2, 0.25) is 0 Å². The van der Waals surface area contributed by atoms with Crippen LogP contribution in [-0.4, -0.2) is 58.9 Å². The summed E-state index contributed by atoms with van der Waals surface area (Å²) >= 11 is 0. The molecule has 2 aliphatic carbocycles. The minimum atomic E-state index is -4.09. The number of rotatable bonds is 8. The normalized spacial score (nSPS) is 22.1. The number of nitrogens with one attached hydrogen (secondary N) is 2. The van der Waals surface area contributed by atoms with Gasteiger partial charge in [0.15, 0.2) is 0 Å². The maximum Gasteiger partial charge on any atom is 0.331 e. The fourth-order valence-corrected chi connectivity index (χ4v) is 8.58. The molecule has 0 bridgehead atoms. The molecule has 0 radical (unpaired) electrons. The Hall–Kier alpha value is -2.93. The van der Waals surface area contributed by atoms with E-state index in [4.69, 9.17) is 0 Å². The van der Waals surface area contributed by atoms with E-state index in [1.807, 2.05) is 19.1 Å². The summed E-state index contributed by atoms with van der Waals surface area (Å²) in [6.07, 6.45) is 10.3. The Balaban J connectivity index is 1.47. The van der Waals surface area contributed by atoms with Gasteiger partial charge in [-0.25, -0.2) is 27.3 Å². The van der Waals surface area contributed by atoms with Gasteiger partial charge in [-0.3, -0.25) is 24.3 Å². The largest absolute Gasteiger partial charge is 0.331 e. The van der Waals surface area contributed by atoms with Crippen molar-refractivity contribution in [1.82, 2.24) is 29.3 Å². The van der Waals surface area contributed by atoms with Crippen molar-refractivity contribution in [2.45, 2.75) is 93.8 Å². The number of hydrogen-bond donors (Lipinski definition) is 2. The van der Waals surface area contributed by atoms with Crippen LogP contribution in [0.25, 0.3) is 10.9 Å². The van der Waals surface area contributed by atoms with Crippen molar-refractivity contribution in [3.63, 3.8) is 0 Å². The van der Waals surface area contributed by atoms with Gasteiger partial charge in [-0.1, -0.05) is 32.1 Å². The number of halogens is 1. The number of alkyl halides is 1. The lowest BCUT2D eigenvalue weighted by Crippen LogP contribution is -2.51. The van der Waals surface area contributed by atoms with Gasteiger partial charge in [0.1, 0.15) is 6.67 Å². The first-order valence-corrected chi connectivity index (χ1v) is 16.8. The monoisotopic (exact) mass is 612 g/mol. The van der Waals surface area contributed by atoms with E-state index in [1.165, 1.54) is 42.0 Å². The molecule has 6 rings (SSSR count). The van der Waals surface area contributed by atoms with Gasteiger partial charge in [-0.2, -0.15) is 0 Å². The van der Waals surface area contributed by atoms with E-state index in [1.54, 1.807) is 10.8 Å². The molecule has 1 saturated heterocycles. The average molecular weight is 613 g/mol. The van der Waals surface area contributed by atoms with Crippen LogP contribution in [0.15, 0.2) is 51.0 Å². The Morgan fingerprint density at radius 3 is 2.42 bits per heavy atom. The molecule has 1 aliphatic heterocycles. The van der Waals surface area contributed by atoms with Crippen LogP contribution in [-0.2, 0) is 23.1 Å². The maximum atomic E-state index is 14.2. The van der Waals surface area contributed by atoms with E-state index in [-0.39, 0.29) is 34.8 Å². The lowest BCUT2D eigenvalue weighted by molar-refractivity contribution is 0.0601. The second kappa shape index (κ2) is 11.5. The third-order valence-electron chi connectivity index (χ3n) is 9.89. The van der Waals surface area contributed by atoms with Gasteiger partial charge >= 0.3 is 5.69 Å². The van der Waals surface area contributed by atoms with Crippen LogP contribution in [0.4, 0.5) is 4.39 Å². The molecular formula is C31H41FN6O4S. The molecular weight excluding hydrogens is 571 g/mol. The number of nitrogens with zero attached hydrogens (tertiary/aromatic N) is 4. The topological polar surface area (TPSA) is 118 Å².